The second-order valence-electron chi connectivity index (χ2n) is 6.04. The van der Waals surface area contributed by atoms with Crippen molar-refractivity contribution < 1.29 is 24.5 Å². The minimum Gasteiger partial charge on any atom is -0.507 e. The standard InChI is InChI=1S/C20H18BrNO5S/c1-3-27-20(26)18-13-8-17(23)14(21)9-15(13)22(2)16(18)10-28-12-6-4-5-11(7-12)19(24)25/h4-9,23H,3,10H2,1-2H3,(H,24,25). The number of ether oxygens (including phenoxy) is 1. The van der Waals surface area contributed by atoms with Gasteiger partial charge < -0.3 is 19.5 Å². The van der Waals surface area contributed by atoms with Gasteiger partial charge in [0.25, 0.3) is 0 Å². The molecular formula is C20H18BrNO5S. The van der Waals surface area contributed by atoms with E-state index in [9.17, 15) is 14.7 Å². The third-order valence-corrected chi connectivity index (χ3v) is 5.97. The number of aromatic hydroxyl groups is 1. The molecule has 2 N–H and O–H groups in total. The molecule has 0 bridgehead atoms. The summed E-state index contributed by atoms with van der Waals surface area (Å²) in [5.74, 6) is -0.970. The van der Waals surface area contributed by atoms with E-state index < -0.39 is 11.9 Å². The van der Waals surface area contributed by atoms with Gasteiger partial charge in [0.2, 0.25) is 0 Å². The number of benzene rings is 2. The average molecular weight is 464 g/mol. The summed E-state index contributed by atoms with van der Waals surface area (Å²) in [4.78, 5) is 24.6. The van der Waals surface area contributed by atoms with E-state index in [1.807, 2.05) is 17.7 Å². The van der Waals surface area contributed by atoms with Crippen LogP contribution in [0.2, 0.25) is 0 Å². The molecule has 28 heavy (non-hydrogen) atoms. The Bertz CT molecular complexity index is 1080. The highest BCUT2D eigenvalue weighted by Crippen LogP contribution is 2.36. The van der Waals surface area contributed by atoms with E-state index >= 15 is 0 Å². The van der Waals surface area contributed by atoms with Gasteiger partial charge in [0.15, 0.2) is 0 Å². The molecule has 0 saturated carbocycles. The Labute approximate surface area is 174 Å². The van der Waals surface area contributed by atoms with Crippen molar-refractivity contribution in [3.8, 4) is 5.75 Å². The van der Waals surface area contributed by atoms with E-state index in [1.54, 1.807) is 31.2 Å². The van der Waals surface area contributed by atoms with Crippen LogP contribution in [-0.2, 0) is 17.5 Å². The van der Waals surface area contributed by atoms with E-state index in [0.717, 1.165) is 16.1 Å². The van der Waals surface area contributed by atoms with Crippen molar-refractivity contribution in [1.82, 2.24) is 4.57 Å². The molecule has 0 spiro atoms. The molecule has 0 fully saturated rings. The second kappa shape index (κ2) is 8.28. The molecule has 3 aromatic rings. The molecule has 2 aromatic carbocycles. The number of thioether (sulfide) groups is 1. The van der Waals surface area contributed by atoms with Crippen LogP contribution < -0.4 is 0 Å². The van der Waals surface area contributed by atoms with Crippen molar-refractivity contribution in [3.63, 3.8) is 0 Å². The first-order chi connectivity index (χ1) is 13.3. The minimum absolute atomic E-state index is 0.0389. The minimum atomic E-state index is -0.986. The van der Waals surface area contributed by atoms with Gasteiger partial charge in [0.1, 0.15) is 5.75 Å². The SMILES string of the molecule is CCOC(=O)c1c(CSc2cccc(C(=O)O)c2)n(C)c2cc(Br)c(O)cc12. The molecule has 0 atom stereocenters. The van der Waals surface area contributed by atoms with Crippen molar-refractivity contribution in [3.05, 3.63) is 57.7 Å². The number of carbonyl (C=O) groups excluding carboxylic acids is 1. The van der Waals surface area contributed by atoms with Crippen LogP contribution in [-0.4, -0.2) is 33.3 Å². The number of carbonyl (C=O) groups is 2. The third kappa shape index (κ3) is 3.88. The van der Waals surface area contributed by atoms with Crippen molar-refractivity contribution in [2.45, 2.75) is 17.6 Å². The van der Waals surface area contributed by atoms with Gasteiger partial charge in [-0.1, -0.05) is 6.07 Å². The largest absolute Gasteiger partial charge is 0.507 e. The highest BCUT2D eigenvalue weighted by atomic mass is 79.9. The van der Waals surface area contributed by atoms with E-state index in [-0.39, 0.29) is 17.9 Å². The Hall–Kier alpha value is -2.45. The van der Waals surface area contributed by atoms with E-state index in [4.69, 9.17) is 9.84 Å². The zero-order chi connectivity index (χ0) is 20.4. The molecule has 0 aliphatic rings. The highest BCUT2D eigenvalue weighted by molar-refractivity contribution is 9.10. The number of halogens is 1. The second-order valence-corrected chi connectivity index (χ2v) is 7.95. The first-order valence-corrected chi connectivity index (χ1v) is 10.2. The maximum Gasteiger partial charge on any atom is 0.340 e. The topological polar surface area (TPSA) is 88.8 Å². The molecule has 8 heteroatoms. The summed E-state index contributed by atoms with van der Waals surface area (Å²) < 4.78 is 7.65. The number of phenols is 1. The fourth-order valence-electron chi connectivity index (χ4n) is 2.97. The van der Waals surface area contributed by atoms with Gasteiger partial charge in [-0.15, -0.1) is 11.8 Å². The number of hydrogen-bond donors (Lipinski definition) is 2. The smallest absolute Gasteiger partial charge is 0.340 e. The van der Waals surface area contributed by atoms with Crippen molar-refractivity contribution in [2.24, 2.45) is 7.05 Å². The van der Waals surface area contributed by atoms with Gasteiger partial charge in [-0.2, -0.15) is 0 Å². The van der Waals surface area contributed by atoms with Crippen LogP contribution in [0, 0.1) is 0 Å². The Balaban J connectivity index is 2.05. The van der Waals surface area contributed by atoms with Gasteiger partial charge >= 0.3 is 11.9 Å². The van der Waals surface area contributed by atoms with Crippen molar-refractivity contribution in [2.75, 3.05) is 6.61 Å². The van der Waals surface area contributed by atoms with Gasteiger partial charge in [-0.05, 0) is 53.2 Å². The van der Waals surface area contributed by atoms with Gasteiger partial charge in [0.05, 0.1) is 27.7 Å². The Morgan fingerprint density at radius 3 is 2.68 bits per heavy atom. The molecule has 0 saturated heterocycles. The molecular weight excluding hydrogens is 446 g/mol. The first-order valence-electron chi connectivity index (χ1n) is 8.46. The zero-order valence-electron chi connectivity index (χ0n) is 15.2. The molecule has 0 aliphatic carbocycles. The summed E-state index contributed by atoms with van der Waals surface area (Å²) in [6.45, 7) is 1.98. The summed E-state index contributed by atoms with van der Waals surface area (Å²) in [6, 6.07) is 9.95. The van der Waals surface area contributed by atoms with Crippen LogP contribution in [0.1, 0.15) is 33.3 Å². The number of rotatable bonds is 6. The number of carboxylic acid groups (broad SMARTS) is 1. The fourth-order valence-corrected chi connectivity index (χ4v) is 4.33. The lowest BCUT2D eigenvalue weighted by atomic mass is 10.1. The van der Waals surface area contributed by atoms with Crippen LogP contribution in [0.5, 0.6) is 5.75 Å². The van der Waals surface area contributed by atoms with Gasteiger partial charge in [-0.25, -0.2) is 9.59 Å². The molecule has 0 amide bonds. The predicted octanol–water partition coefficient (Wildman–Crippen LogP) is 4.81. The molecule has 1 aromatic heterocycles. The van der Waals surface area contributed by atoms with E-state index in [1.165, 1.54) is 17.8 Å². The number of fused-ring (bicyclic) bond motifs is 1. The first kappa shape index (κ1) is 20.3. The predicted molar refractivity (Wildman–Crippen MR) is 111 cm³/mol. The zero-order valence-corrected chi connectivity index (χ0v) is 17.6. The number of aromatic carboxylic acids is 1. The Morgan fingerprint density at radius 2 is 2.00 bits per heavy atom. The molecule has 0 unspecified atom stereocenters. The maximum absolute atomic E-state index is 12.6. The summed E-state index contributed by atoms with van der Waals surface area (Å²) in [5.41, 5.74) is 2.13. The lowest BCUT2D eigenvalue weighted by molar-refractivity contribution is 0.0527. The number of aryl methyl sites for hydroxylation is 1. The molecule has 1 heterocycles. The summed E-state index contributed by atoms with van der Waals surface area (Å²) in [6.07, 6.45) is 0. The highest BCUT2D eigenvalue weighted by Gasteiger charge is 2.23. The number of aromatic nitrogens is 1. The maximum atomic E-state index is 12.6. The fraction of sp³-hybridized carbons (Fsp3) is 0.200. The average Bonchev–Trinajstić information content (AvgIpc) is 2.92. The summed E-state index contributed by atoms with van der Waals surface area (Å²) >= 11 is 4.74. The molecule has 0 radical (unpaired) electrons. The third-order valence-electron chi connectivity index (χ3n) is 4.33. The summed E-state index contributed by atoms with van der Waals surface area (Å²) in [7, 11) is 1.85. The molecule has 6 nitrogen and oxygen atoms in total. The van der Waals surface area contributed by atoms with E-state index in [0.29, 0.717) is 21.2 Å². The number of hydrogen-bond acceptors (Lipinski definition) is 5. The quantitative estimate of drug-likeness (QED) is 0.402. The molecule has 0 aliphatic heterocycles. The van der Waals surface area contributed by atoms with Crippen LogP contribution in [0.25, 0.3) is 10.9 Å². The van der Waals surface area contributed by atoms with Crippen LogP contribution >= 0.6 is 27.7 Å². The Kier molecular flexibility index (Phi) is 6.00. The monoisotopic (exact) mass is 463 g/mol. The van der Waals surface area contributed by atoms with Gasteiger partial charge in [-0.3, -0.25) is 0 Å². The van der Waals surface area contributed by atoms with Crippen LogP contribution in [0.3, 0.4) is 0 Å². The van der Waals surface area contributed by atoms with Gasteiger partial charge in [0, 0.05) is 28.8 Å². The van der Waals surface area contributed by atoms with Crippen molar-refractivity contribution >= 4 is 50.5 Å². The Morgan fingerprint density at radius 1 is 1.25 bits per heavy atom. The molecule has 146 valence electrons. The van der Waals surface area contributed by atoms with Crippen LogP contribution in [0.4, 0.5) is 0 Å². The van der Waals surface area contributed by atoms with Crippen LogP contribution in [0.15, 0.2) is 45.8 Å². The lowest BCUT2D eigenvalue weighted by Crippen LogP contribution is -2.08. The summed E-state index contributed by atoms with van der Waals surface area (Å²) in [5, 5.41) is 19.8. The number of phenolic OH excluding ortho intramolecular Hbond substituents is 1. The van der Waals surface area contributed by atoms with Crippen molar-refractivity contribution in [1.29, 1.82) is 0 Å². The van der Waals surface area contributed by atoms with E-state index in [2.05, 4.69) is 15.9 Å². The number of carboxylic acids is 1. The normalized spacial score (nSPS) is 11.0. The lowest BCUT2D eigenvalue weighted by Gasteiger charge is -2.08. The molecule has 3 rings (SSSR count). The number of nitrogens with zero attached hydrogens (tertiary/aromatic N) is 1. The number of esters is 1.